The van der Waals surface area contributed by atoms with E-state index in [-0.39, 0.29) is 23.8 Å². The second-order valence-corrected chi connectivity index (χ2v) is 8.09. The fourth-order valence-electron chi connectivity index (χ4n) is 3.34. The lowest BCUT2D eigenvalue weighted by atomic mass is 10.1. The van der Waals surface area contributed by atoms with Crippen molar-refractivity contribution in [2.24, 2.45) is 7.05 Å². The number of carbonyl (C=O) groups excluding carboxylic acids is 1. The summed E-state index contributed by atoms with van der Waals surface area (Å²) >= 11 is 1.05. The number of phenols is 1. The fourth-order valence-corrected chi connectivity index (χ4v) is 4.34. The van der Waals surface area contributed by atoms with Gasteiger partial charge in [0.2, 0.25) is 0 Å². The first-order valence-corrected chi connectivity index (χ1v) is 10.5. The number of nitrogens with zero attached hydrogens (tertiary/aromatic N) is 2. The van der Waals surface area contributed by atoms with Gasteiger partial charge >= 0.3 is 11.7 Å². The van der Waals surface area contributed by atoms with Gasteiger partial charge in [-0.3, -0.25) is 13.9 Å². The van der Waals surface area contributed by atoms with Gasteiger partial charge in [0.1, 0.15) is 15.5 Å². The van der Waals surface area contributed by atoms with Crippen LogP contribution in [-0.4, -0.2) is 26.8 Å². The highest BCUT2D eigenvalue weighted by atomic mass is 32.1. The highest BCUT2D eigenvalue weighted by Crippen LogP contribution is 2.23. The number of ether oxygens (including phenoxy) is 1. The molecular weight excluding hydrogens is 416 g/mol. The number of para-hydroxylation sites is 1. The van der Waals surface area contributed by atoms with E-state index in [1.54, 1.807) is 31.3 Å². The molecule has 158 valence electrons. The van der Waals surface area contributed by atoms with Crippen LogP contribution in [0.3, 0.4) is 0 Å². The van der Waals surface area contributed by atoms with Crippen molar-refractivity contribution >= 4 is 27.5 Å². The van der Waals surface area contributed by atoms with Crippen molar-refractivity contribution in [3.05, 3.63) is 97.5 Å². The molecule has 31 heavy (non-hydrogen) atoms. The predicted octanol–water partition coefficient (Wildman–Crippen LogP) is 2.92. The summed E-state index contributed by atoms with van der Waals surface area (Å²) in [4.78, 5) is 38.9. The quantitative estimate of drug-likeness (QED) is 0.470. The molecule has 0 radical (unpaired) electrons. The van der Waals surface area contributed by atoms with Crippen LogP contribution in [-0.2, 0) is 24.8 Å². The first kappa shape index (κ1) is 20.6. The van der Waals surface area contributed by atoms with E-state index in [1.165, 1.54) is 10.6 Å². The second-order valence-electron chi connectivity index (χ2n) is 7.06. The molecule has 4 rings (SSSR count). The van der Waals surface area contributed by atoms with Crippen molar-refractivity contribution in [1.29, 1.82) is 0 Å². The highest BCUT2D eigenvalue weighted by Gasteiger charge is 2.19. The molecular formula is C23H20N2O5S. The maximum Gasteiger partial charge on any atom is 0.348 e. The van der Waals surface area contributed by atoms with Crippen molar-refractivity contribution in [2.45, 2.75) is 13.0 Å². The number of hydrogen-bond donors (Lipinski definition) is 1. The maximum atomic E-state index is 13.0. The number of rotatable bonds is 6. The van der Waals surface area contributed by atoms with Gasteiger partial charge in [-0.15, -0.1) is 11.3 Å². The van der Waals surface area contributed by atoms with Crippen LogP contribution in [0.1, 0.15) is 20.8 Å². The van der Waals surface area contributed by atoms with E-state index >= 15 is 0 Å². The van der Waals surface area contributed by atoms with E-state index in [1.807, 2.05) is 30.3 Å². The maximum absolute atomic E-state index is 13.0. The van der Waals surface area contributed by atoms with Crippen molar-refractivity contribution in [3.63, 3.8) is 0 Å². The molecule has 2 aromatic heterocycles. The molecule has 0 aliphatic heterocycles. The SMILES string of the molecule is Cn1c(=O)n(Cc2ccccc2)c(=O)c2cc(C(=O)OCCc3ccccc3O)sc21. The molecule has 0 aliphatic carbocycles. The normalized spacial score (nSPS) is 11.0. The van der Waals surface area contributed by atoms with Crippen LogP contribution in [0.2, 0.25) is 0 Å². The largest absolute Gasteiger partial charge is 0.508 e. The number of hydrogen-bond acceptors (Lipinski definition) is 6. The van der Waals surface area contributed by atoms with Gasteiger partial charge in [0, 0.05) is 13.5 Å². The molecule has 0 saturated heterocycles. The topological polar surface area (TPSA) is 90.5 Å². The Bertz CT molecular complexity index is 1370. The number of fused-ring (bicyclic) bond motifs is 1. The summed E-state index contributed by atoms with van der Waals surface area (Å²) in [5, 5.41) is 10.1. The lowest BCUT2D eigenvalue weighted by Crippen LogP contribution is -2.38. The van der Waals surface area contributed by atoms with Crippen molar-refractivity contribution < 1.29 is 14.6 Å². The number of aryl methyl sites for hydroxylation is 1. The van der Waals surface area contributed by atoms with Crippen LogP contribution < -0.4 is 11.2 Å². The standard InChI is InChI=1S/C23H20N2O5S/c1-24-21-17(20(27)25(23(24)29)14-15-7-3-2-4-8-15)13-19(31-21)22(28)30-12-11-16-9-5-6-10-18(16)26/h2-10,13,26H,11-12,14H2,1H3. The van der Waals surface area contributed by atoms with Gasteiger partial charge in [-0.05, 0) is 23.3 Å². The minimum absolute atomic E-state index is 0.0851. The minimum Gasteiger partial charge on any atom is -0.508 e. The Labute approximate surface area is 181 Å². The zero-order valence-corrected chi connectivity index (χ0v) is 17.6. The lowest BCUT2D eigenvalue weighted by Gasteiger charge is -2.08. The van der Waals surface area contributed by atoms with E-state index in [2.05, 4.69) is 0 Å². The Kier molecular flexibility index (Phi) is 5.73. The number of aromatic hydroxyl groups is 1. The molecule has 4 aromatic rings. The molecule has 0 spiro atoms. The smallest absolute Gasteiger partial charge is 0.348 e. The number of aromatic nitrogens is 2. The van der Waals surface area contributed by atoms with E-state index in [0.29, 0.717) is 22.2 Å². The average molecular weight is 436 g/mol. The summed E-state index contributed by atoms with van der Waals surface area (Å²) in [6.45, 7) is 0.236. The molecule has 0 aliphatic rings. The van der Waals surface area contributed by atoms with Gasteiger partial charge in [-0.25, -0.2) is 9.59 Å². The van der Waals surface area contributed by atoms with E-state index in [4.69, 9.17) is 4.74 Å². The molecule has 0 saturated carbocycles. The summed E-state index contributed by atoms with van der Waals surface area (Å²) in [6, 6.07) is 17.6. The highest BCUT2D eigenvalue weighted by molar-refractivity contribution is 7.20. The lowest BCUT2D eigenvalue weighted by molar-refractivity contribution is 0.0514. The molecule has 2 heterocycles. The number of benzene rings is 2. The Balaban J connectivity index is 1.58. The average Bonchev–Trinajstić information content (AvgIpc) is 3.23. The third-order valence-corrected chi connectivity index (χ3v) is 6.18. The van der Waals surface area contributed by atoms with Crippen LogP contribution in [0.25, 0.3) is 10.2 Å². The second kappa shape index (κ2) is 8.61. The van der Waals surface area contributed by atoms with Crippen LogP contribution in [0, 0.1) is 0 Å². The number of carbonyl (C=O) groups is 1. The van der Waals surface area contributed by atoms with Crippen molar-refractivity contribution in [1.82, 2.24) is 9.13 Å². The third-order valence-electron chi connectivity index (χ3n) is 4.99. The third kappa shape index (κ3) is 4.15. The summed E-state index contributed by atoms with van der Waals surface area (Å²) < 4.78 is 7.86. The Hall–Kier alpha value is -3.65. The summed E-state index contributed by atoms with van der Waals surface area (Å²) in [5.74, 6) is -0.424. The van der Waals surface area contributed by atoms with Crippen LogP contribution >= 0.6 is 11.3 Å². The number of phenolic OH excluding ortho intramolecular Hbond substituents is 1. The first-order valence-electron chi connectivity index (χ1n) is 9.67. The Morgan fingerprint density at radius 1 is 1.06 bits per heavy atom. The van der Waals surface area contributed by atoms with E-state index in [9.17, 15) is 19.5 Å². The molecule has 0 amide bonds. The molecule has 0 bridgehead atoms. The molecule has 0 atom stereocenters. The predicted molar refractivity (Wildman–Crippen MR) is 119 cm³/mol. The van der Waals surface area contributed by atoms with E-state index in [0.717, 1.165) is 21.5 Å². The van der Waals surface area contributed by atoms with Gasteiger partial charge in [-0.2, -0.15) is 0 Å². The minimum atomic E-state index is -0.571. The molecule has 2 aromatic carbocycles. The van der Waals surface area contributed by atoms with Crippen molar-refractivity contribution in [2.75, 3.05) is 6.61 Å². The van der Waals surface area contributed by atoms with Gasteiger partial charge in [-0.1, -0.05) is 48.5 Å². The van der Waals surface area contributed by atoms with Gasteiger partial charge < -0.3 is 9.84 Å². The zero-order valence-electron chi connectivity index (χ0n) is 16.8. The number of esters is 1. The summed E-state index contributed by atoms with van der Waals surface area (Å²) in [6.07, 6.45) is 0.367. The Morgan fingerprint density at radius 2 is 1.77 bits per heavy atom. The molecule has 7 nitrogen and oxygen atoms in total. The number of thiophene rings is 1. The van der Waals surface area contributed by atoms with Gasteiger partial charge in [0.05, 0.1) is 18.5 Å². The zero-order chi connectivity index (χ0) is 22.0. The van der Waals surface area contributed by atoms with Crippen LogP contribution in [0.15, 0.2) is 70.3 Å². The van der Waals surface area contributed by atoms with Gasteiger partial charge in [0.15, 0.2) is 0 Å². The van der Waals surface area contributed by atoms with Crippen molar-refractivity contribution in [3.8, 4) is 5.75 Å². The molecule has 0 fully saturated rings. The summed E-state index contributed by atoms with van der Waals surface area (Å²) in [7, 11) is 1.58. The fraction of sp³-hybridized carbons (Fsp3) is 0.174. The molecule has 1 N–H and O–H groups in total. The first-order chi connectivity index (χ1) is 15.0. The summed E-state index contributed by atoms with van der Waals surface area (Å²) in [5.41, 5.74) is 0.632. The monoisotopic (exact) mass is 436 g/mol. The van der Waals surface area contributed by atoms with Gasteiger partial charge in [0.25, 0.3) is 5.56 Å². The van der Waals surface area contributed by atoms with Crippen LogP contribution in [0.4, 0.5) is 0 Å². The Morgan fingerprint density at radius 3 is 2.52 bits per heavy atom. The molecule has 8 heteroatoms. The van der Waals surface area contributed by atoms with Crippen LogP contribution in [0.5, 0.6) is 5.75 Å². The van der Waals surface area contributed by atoms with E-state index < -0.39 is 17.2 Å². The molecule has 0 unspecified atom stereocenters.